The largest absolute Gasteiger partial charge is 0.496 e. The fourth-order valence-corrected chi connectivity index (χ4v) is 2.30. The first kappa shape index (κ1) is 17.5. The van der Waals surface area contributed by atoms with Crippen LogP contribution < -0.4 is 0 Å². The number of rotatable bonds is 7. The maximum atomic E-state index is 5.87. The van der Waals surface area contributed by atoms with Crippen LogP contribution in [0.3, 0.4) is 0 Å². The molecule has 0 radical (unpaired) electrons. The fourth-order valence-electron chi connectivity index (χ4n) is 2.30. The lowest BCUT2D eigenvalue weighted by Gasteiger charge is -2.07. The topological polar surface area (TPSA) is 30.8 Å². The highest BCUT2D eigenvalue weighted by Gasteiger charge is 1.99. The second-order valence-electron chi connectivity index (χ2n) is 5.66. The molecule has 130 valence electrons. The molecule has 3 aromatic carbocycles. The Morgan fingerprint density at radius 2 is 1.23 bits per heavy atom. The van der Waals surface area contributed by atoms with Gasteiger partial charge in [-0.15, -0.1) is 0 Å². The van der Waals surface area contributed by atoms with Crippen molar-refractivity contribution >= 4 is 11.6 Å². The van der Waals surface area contributed by atoms with Crippen LogP contribution >= 0.6 is 0 Å². The summed E-state index contributed by atoms with van der Waals surface area (Å²) < 4.78 is 11.5. The molecule has 0 saturated carbocycles. The summed E-state index contributed by atoms with van der Waals surface area (Å²) in [6.45, 7) is 0.962. The molecule has 0 heterocycles. The zero-order valence-electron chi connectivity index (χ0n) is 14.5. The van der Waals surface area contributed by atoms with Gasteiger partial charge in [0.05, 0.1) is 11.9 Å². The van der Waals surface area contributed by atoms with Gasteiger partial charge in [0.2, 0.25) is 5.90 Å². The quantitative estimate of drug-likeness (QED) is 0.315. The fraction of sp³-hybridized carbons (Fsp3) is 0.0870. The predicted octanol–water partition coefficient (Wildman–Crippen LogP) is 5.66. The van der Waals surface area contributed by atoms with Crippen molar-refractivity contribution in [2.75, 3.05) is 0 Å². The number of aliphatic imine (C=N–C) groups is 1. The molecule has 0 bridgehead atoms. The minimum atomic E-state index is 0.454. The highest BCUT2D eigenvalue weighted by molar-refractivity contribution is 5.89. The smallest absolute Gasteiger partial charge is 0.217 e. The van der Waals surface area contributed by atoms with Crippen molar-refractivity contribution in [1.29, 1.82) is 0 Å². The van der Waals surface area contributed by atoms with E-state index in [9.17, 15) is 0 Å². The number of nitrogens with zero attached hydrogens (tertiary/aromatic N) is 1. The lowest BCUT2D eigenvalue weighted by molar-refractivity contribution is 0.235. The summed E-state index contributed by atoms with van der Waals surface area (Å²) in [7, 11) is 0. The number of hydrogen-bond acceptors (Lipinski definition) is 3. The van der Waals surface area contributed by atoms with Crippen LogP contribution in [0.1, 0.15) is 11.1 Å². The molecule has 3 nitrogen and oxygen atoms in total. The van der Waals surface area contributed by atoms with Gasteiger partial charge in [0.25, 0.3) is 0 Å². The minimum Gasteiger partial charge on any atom is -0.496 e. The van der Waals surface area contributed by atoms with Crippen LogP contribution in [-0.2, 0) is 22.7 Å². The first-order valence-corrected chi connectivity index (χ1v) is 8.53. The van der Waals surface area contributed by atoms with Crippen molar-refractivity contribution < 1.29 is 9.47 Å². The van der Waals surface area contributed by atoms with Gasteiger partial charge in [0, 0.05) is 6.08 Å². The first-order valence-electron chi connectivity index (χ1n) is 8.53. The number of hydrogen-bond donors (Lipinski definition) is 0. The molecule has 0 aliphatic heterocycles. The maximum Gasteiger partial charge on any atom is 0.217 e. The summed E-state index contributed by atoms with van der Waals surface area (Å²) >= 11 is 0. The van der Waals surface area contributed by atoms with Gasteiger partial charge in [-0.25, -0.2) is 4.99 Å². The van der Waals surface area contributed by atoms with Crippen molar-refractivity contribution in [3.05, 3.63) is 114 Å². The van der Waals surface area contributed by atoms with E-state index in [1.165, 1.54) is 0 Å². The molecule has 0 unspecified atom stereocenters. The van der Waals surface area contributed by atoms with E-state index in [2.05, 4.69) is 4.99 Å². The van der Waals surface area contributed by atoms with Gasteiger partial charge in [-0.2, -0.15) is 0 Å². The standard InChI is InChI=1S/C23H21NO2/c1-4-10-20(11-5-1)18-25-17-16-23(24-22-14-8-3-9-15-22)26-19-21-12-6-2-7-13-21/h1-17H,18-19H2. The van der Waals surface area contributed by atoms with E-state index in [1.807, 2.05) is 91.0 Å². The van der Waals surface area contributed by atoms with E-state index in [0.29, 0.717) is 19.1 Å². The van der Waals surface area contributed by atoms with Crippen molar-refractivity contribution in [3.63, 3.8) is 0 Å². The molecule has 0 aliphatic carbocycles. The van der Waals surface area contributed by atoms with Crippen LogP contribution in [0.2, 0.25) is 0 Å². The molecule has 3 heteroatoms. The molecule has 0 spiro atoms. The van der Waals surface area contributed by atoms with E-state index in [1.54, 1.807) is 12.3 Å². The third kappa shape index (κ3) is 5.95. The summed E-state index contributed by atoms with van der Waals surface area (Å²) in [5.74, 6) is 0.508. The SMILES string of the molecule is C(=CC(=Nc1ccccc1)OCc1ccccc1)OCc1ccccc1. The molecule has 3 aromatic rings. The summed E-state index contributed by atoms with van der Waals surface area (Å²) in [5.41, 5.74) is 3.04. The van der Waals surface area contributed by atoms with Crippen LogP contribution in [0.4, 0.5) is 5.69 Å². The highest BCUT2D eigenvalue weighted by atomic mass is 16.5. The summed E-state index contributed by atoms with van der Waals surface area (Å²) in [5, 5.41) is 0. The Morgan fingerprint density at radius 3 is 1.85 bits per heavy atom. The normalized spacial score (nSPS) is 11.5. The van der Waals surface area contributed by atoms with Gasteiger partial charge in [-0.3, -0.25) is 0 Å². The molecule has 0 aliphatic rings. The van der Waals surface area contributed by atoms with Crippen molar-refractivity contribution in [2.24, 2.45) is 4.99 Å². The maximum absolute atomic E-state index is 5.87. The first-order chi connectivity index (χ1) is 12.9. The van der Waals surface area contributed by atoms with Gasteiger partial charge in [0.1, 0.15) is 13.2 Å². The molecule has 0 N–H and O–H groups in total. The number of benzene rings is 3. The summed E-state index contributed by atoms with van der Waals surface area (Å²) in [6.07, 6.45) is 3.37. The third-order valence-corrected chi connectivity index (χ3v) is 3.62. The zero-order chi connectivity index (χ0) is 17.9. The molecule has 0 atom stereocenters. The van der Waals surface area contributed by atoms with Crippen molar-refractivity contribution in [2.45, 2.75) is 13.2 Å². The molecular weight excluding hydrogens is 322 g/mol. The van der Waals surface area contributed by atoms with Crippen LogP contribution in [0, 0.1) is 0 Å². The van der Waals surface area contributed by atoms with Crippen LogP contribution in [0.25, 0.3) is 0 Å². The third-order valence-electron chi connectivity index (χ3n) is 3.62. The predicted molar refractivity (Wildman–Crippen MR) is 105 cm³/mol. The average molecular weight is 343 g/mol. The Balaban J connectivity index is 1.64. The molecule has 26 heavy (non-hydrogen) atoms. The van der Waals surface area contributed by atoms with Crippen molar-refractivity contribution in [1.82, 2.24) is 0 Å². The minimum absolute atomic E-state index is 0.454. The molecule has 3 rings (SSSR count). The Hall–Kier alpha value is -3.33. The Morgan fingerprint density at radius 1 is 0.692 bits per heavy atom. The van der Waals surface area contributed by atoms with Crippen molar-refractivity contribution in [3.8, 4) is 0 Å². The van der Waals surface area contributed by atoms with Gasteiger partial charge < -0.3 is 9.47 Å². The average Bonchev–Trinajstić information content (AvgIpc) is 2.71. The Kier molecular flexibility index (Phi) is 6.62. The van der Waals surface area contributed by atoms with E-state index in [4.69, 9.17) is 9.47 Å². The zero-order valence-corrected chi connectivity index (χ0v) is 14.5. The van der Waals surface area contributed by atoms with Gasteiger partial charge in [0.15, 0.2) is 0 Å². The Labute approximate surface area is 154 Å². The van der Waals surface area contributed by atoms with E-state index < -0.39 is 0 Å². The lowest BCUT2D eigenvalue weighted by Crippen LogP contribution is -2.02. The van der Waals surface area contributed by atoms with E-state index >= 15 is 0 Å². The van der Waals surface area contributed by atoms with Gasteiger partial charge in [-0.1, -0.05) is 78.9 Å². The molecular formula is C23H21NO2. The molecule has 0 fully saturated rings. The van der Waals surface area contributed by atoms with Crippen LogP contribution in [-0.4, -0.2) is 5.90 Å². The van der Waals surface area contributed by atoms with Crippen LogP contribution in [0.15, 0.2) is 108 Å². The Bertz CT molecular complexity index is 828. The van der Waals surface area contributed by atoms with E-state index in [0.717, 1.165) is 16.8 Å². The second-order valence-corrected chi connectivity index (χ2v) is 5.66. The lowest BCUT2D eigenvalue weighted by atomic mass is 10.2. The number of ether oxygens (including phenoxy) is 2. The van der Waals surface area contributed by atoms with Gasteiger partial charge in [-0.05, 0) is 23.3 Å². The highest BCUT2D eigenvalue weighted by Crippen LogP contribution is 2.12. The monoisotopic (exact) mass is 343 g/mol. The summed E-state index contributed by atoms with van der Waals surface area (Å²) in [6, 6.07) is 29.8. The summed E-state index contributed by atoms with van der Waals surface area (Å²) in [4.78, 5) is 4.55. The molecule has 0 saturated heterocycles. The molecule has 0 aromatic heterocycles. The van der Waals surface area contributed by atoms with E-state index in [-0.39, 0.29) is 0 Å². The molecule has 0 amide bonds. The number of para-hydroxylation sites is 1. The van der Waals surface area contributed by atoms with Gasteiger partial charge >= 0.3 is 0 Å². The van der Waals surface area contributed by atoms with Crippen LogP contribution in [0.5, 0.6) is 0 Å². The second kappa shape index (κ2) is 9.84.